The Morgan fingerprint density at radius 1 is 0.893 bits per heavy atom. The van der Waals surface area contributed by atoms with Crippen LogP contribution in [0.3, 0.4) is 0 Å². The molecular weight excluding hydrogens is 374 g/mol. The molecule has 0 atom stereocenters. The number of benzene rings is 3. The average Bonchev–Trinajstić information content (AvgIpc) is 2.70. The van der Waals surface area contributed by atoms with Crippen molar-refractivity contribution in [3.05, 3.63) is 66.2 Å². The molecule has 0 saturated heterocycles. The Morgan fingerprint density at radius 2 is 1.57 bits per heavy atom. The summed E-state index contributed by atoms with van der Waals surface area (Å²) >= 11 is 0. The van der Waals surface area contributed by atoms with Gasteiger partial charge in [-0.3, -0.25) is 4.18 Å². The summed E-state index contributed by atoms with van der Waals surface area (Å²) in [5.41, 5.74) is 2.08. The largest absolute Gasteiger partial charge is 0.497 e. The lowest BCUT2D eigenvalue weighted by Gasteiger charge is -2.16. The highest BCUT2D eigenvalue weighted by atomic mass is 32.2. The summed E-state index contributed by atoms with van der Waals surface area (Å²) in [5.74, 6) is 0.802. The van der Waals surface area contributed by atoms with Crippen LogP contribution in [-0.4, -0.2) is 36.2 Å². The molecule has 28 heavy (non-hydrogen) atoms. The number of ether oxygens (including phenoxy) is 1. The molecule has 0 spiro atoms. The summed E-state index contributed by atoms with van der Waals surface area (Å²) in [7, 11) is 1.67. The number of hydrogen-bond acceptors (Lipinski definition) is 5. The van der Waals surface area contributed by atoms with Gasteiger partial charge in [-0.2, -0.15) is 8.42 Å². The van der Waals surface area contributed by atoms with Crippen LogP contribution in [0.4, 0.5) is 5.69 Å². The topological polar surface area (TPSA) is 55.8 Å². The lowest BCUT2D eigenvalue weighted by atomic mass is 10.1. The Morgan fingerprint density at radius 3 is 2.25 bits per heavy atom. The maximum absolute atomic E-state index is 12.8. The lowest BCUT2D eigenvalue weighted by Crippen LogP contribution is -2.11. The van der Waals surface area contributed by atoms with Gasteiger partial charge in [0.25, 0.3) is 10.1 Å². The SMILES string of the molecule is COc1ccc(CCCOS(=O)(=O)c2cccc3c(N(C)C)cccc23)cc1. The van der Waals surface area contributed by atoms with Gasteiger partial charge in [-0.05, 0) is 42.7 Å². The number of nitrogens with zero attached hydrogens (tertiary/aromatic N) is 1. The summed E-state index contributed by atoms with van der Waals surface area (Å²) in [6.07, 6.45) is 1.35. The quantitative estimate of drug-likeness (QED) is 0.419. The number of rotatable bonds is 8. The first-order valence-electron chi connectivity index (χ1n) is 9.14. The van der Waals surface area contributed by atoms with E-state index in [0.717, 1.165) is 28.8 Å². The molecule has 0 aliphatic carbocycles. The molecule has 0 aliphatic heterocycles. The summed E-state index contributed by atoms with van der Waals surface area (Å²) < 4.78 is 36.0. The van der Waals surface area contributed by atoms with Crippen LogP contribution in [-0.2, 0) is 20.7 Å². The molecule has 0 heterocycles. The van der Waals surface area contributed by atoms with E-state index in [2.05, 4.69) is 0 Å². The van der Waals surface area contributed by atoms with Crippen molar-refractivity contribution in [3.8, 4) is 5.75 Å². The van der Waals surface area contributed by atoms with Crippen LogP contribution >= 0.6 is 0 Å². The molecule has 5 nitrogen and oxygen atoms in total. The van der Waals surface area contributed by atoms with Crippen molar-refractivity contribution in [3.63, 3.8) is 0 Å². The molecular formula is C22H25NO4S. The number of hydrogen-bond donors (Lipinski definition) is 0. The molecule has 3 aromatic rings. The predicted molar refractivity (Wildman–Crippen MR) is 113 cm³/mol. The molecule has 148 valence electrons. The van der Waals surface area contributed by atoms with Gasteiger partial charge in [0, 0.05) is 30.6 Å². The van der Waals surface area contributed by atoms with Gasteiger partial charge in [0.2, 0.25) is 0 Å². The minimum atomic E-state index is -3.83. The first-order chi connectivity index (χ1) is 13.4. The summed E-state index contributed by atoms with van der Waals surface area (Å²) in [4.78, 5) is 2.17. The van der Waals surface area contributed by atoms with Gasteiger partial charge in [-0.15, -0.1) is 0 Å². The third-order valence-corrected chi connectivity index (χ3v) is 5.99. The molecule has 3 rings (SSSR count). The van der Waals surface area contributed by atoms with E-state index < -0.39 is 10.1 Å². The first-order valence-corrected chi connectivity index (χ1v) is 10.5. The van der Waals surface area contributed by atoms with E-state index in [1.54, 1.807) is 19.2 Å². The minimum Gasteiger partial charge on any atom is -0.497 e. The molecule has 0 amide bonds. The van der Waals surface area contributed by atoms with Gasteiger partial charge in [0.15, 0.2) is 0 Å². The number of fused-ring (bicyclic) bond motifs is 1. The fourth-order valence-electron chi connectivity index (χ4n) is 3.17. The molecule has 0 bridgehead atoms. The summed E-state index contributed by atoms with van der Waals surface area (Å²) in [5, 5.41) is 1.55. The van der Waals surface area contributed by atoms with Crippen molar-refractivity contribution in [2.75, 3.05) is 32.7 Å². The normalized spacial score (nSPS) is 11.5. The van der Waals surface area contributed by atoms with E-state index in [4.69, 9.17) is 8.92 Å². The zero-order valence-corrected chi connectivity index (χ0v) is 17.2. The summed E-state index contributed by atoms with van der Waals surface area (Å²) in [6, 6.07) is 18.7. The molecule has 0 N–H and O–H groups in total. The van der Waals surface area contributed by atoms with E-state index in [9.17, 15) is 8.42 Å². The highest BCUT2D eigenvalue weighted by Gasteiger charge is 2.19. The monoisotopic (exact) mass is 399 g/mol. The zero-order valence-electron chi connectivity index (χ0n) is 16.4. The van der Waals surface area contributed by atoms with Crippen molar-refractivity contribution in [2.45, 2.75) is 17.7 Å². The maximum atomic E-state index is 12.8. The van der Waals surface area contributed by atoms with Crippen molar-refractivity contribution in [1.29, 1.82) is 0 Å². The molecule has 0 unspecified atom stereocenters. The Kier molecular flexibility index (Phi) is 6.21. The molecule has 6 heteroatoms. The number of anilines is 1. The van der Waals surface area contributed by atoms with Crippen molar-refractivity contribution in [2.24, 2.45) is 0 Å². The Bertz CT molecular complexity index is 1040. The second-order valence-corrected chi connectivity index (χ2v) is 8.33. The predicted octanol–water partition coefficient (Wildman–Crippen LogP) is 4.25. The van der Waals surface area contributed by atoms with Crippen molar-refractivity contribution < 1.29 is 17.3 Å². The van der Waals surface area contributed by atoms with Gasteiger partial charge in [-0.1, -0.05) is 36.4 Å². The van der Waals surface area contributed by atoms with Crippen LogP contribution in [0.1, 0.15) is 12.0 Å². The smallest absolute Gasteiger partial charge is 0.297 e. The number of methoxy groups -OCH3 is 1. The summed E-state index contributed by atoms with van der Waals surface area (Å²) in [6.45, 7) is 0.137. The zero-order chi connectivity index (χ0) is 20.1. The van der Waals surface area contributed by atoms with Crippen LogP contribution in [0.25, 0.3) is 10.8 Å². The van der Waals surface area contributed by atoms with Crippen molar-refractivity contribution >= 4 is 26.6 Å². The van der Waals surface area contributed by atoms with E-state index in [-0.39, 0.29) is 11.5 Å². The second-order valence-electron chi connectivity index (χ2n) is 6.75. The van der Waals surface area contributed by atoms with Crippen LogP contribution in [0, 0.1) is 0 Å². The van der Waals surface area contributed by atoms with Gasteiger partial charge < -0.3 is 9.64 Å². The highest BCUT2D eigenvalue weighted by molar-refractivity contribution is 7.87. The molecule has 0 aromatic heterocycles. The third-order valence-electron chi connectivity index (χ3n) is 4.62. The first kappa shape index (κ1) is 20.2. The van der Waals surface area contributed by atoms with E-state index in [1.165, 1.54) is 0 Å². The van der Waals surface area contributed by atoms with Gasteiger partial charge in [0.05, 0.1) is 13.7 Å². The molecule has 0 radical (unpaired) electrons. The Labute approximate surface area is 166 Å². The van der Waals surface area contributed by atoms with Gasteiger partial charge >= 0.3 is 0 Å². The maximum Gasteiger partial charge on any atom is 0.297 e. The van der Waals surface area contributed by atoms with E-state index in [1.807, 2.05) is 67.5 Å². The second kappa shape index (κ2) is 8.63. The standard InChI is InChI=1S/C22H25NO4S/c1-23(2)21-10-4-9-20-19(21)8-5-11-22(20)28(24,25)27-16-6-7-17-12-14-18(26-3)15-13-17/h4-5,8-15H,6-7,16H2,1-3H3. The van der Waals surface area contributed by atoms with E-state index >= 15 is 0 Å². The average molecular weight is 400 g/mol. The van der Waals surface area contributed by atoms with Crippen molar-refractivity contribution in [1.82, 2.24) is 0 Å². The van der Waals surface area contributed by atoms with Gasteiger partial charge in [-0.25, -0.2) is 0 Å². The molecule has 3 aromatic carbocycles. The molecule has 0 aliphatic rings. The Hall–Kier alpha value is -2.57. The highest BCUT2D eigenvalue weighted by Crippen LogP contribution is 2.31. The fourth-order valence-corrected chi connectivity index (χ4v) is 4.33. The van der Waals surface area contributed by atoms with Crippen LogP contribution in [0.2, 0.25) is 0 Å². The third kappa shape index (κ3) is 4.46. The molecule has 0 fully saturated rings. The van der Waals surface area contributed by atoms with Gasteiger partial charge in [0.1, 0.15) is 10.6 Å². The fraction of sp³-hybridized carbons (Fsp3) is 0.273. The van der Waals surface area contributed by atoms with Crippen LogP contribution in [0.5, 0.6) is 5.75 Å². The molecule has 0 saturated carbocycles. The Balaban J connectivity index is 1.71. The lowest BCUT2D eigenvalue weighted by molar-refractivity contribution is 0.312. The van der Waals surface area contributed by atoms with Crippen LogP contribution in [0.15, 0.2) is 65.6 Å². The number of aryl methyl sites for hydroxylation is 1. The van der Waals surface area contributed by atoms with Crippen LogP contribution < -0.4 is 9.64 Å². The minimum absolute atomic E-state index is 0.137. The van der Waals surface area contributed by atoms with E-state index in [0.29, 0.717) is 11.8 Å².